The maximum atomic E-state index is 5.53. The number of hydrogen-bond donors (Lipinski definition) is 1. The van der Waals surface area contributed by atoms with E-state index in [0.29, 0.717) is 24.4 Å². The molecule has 2 aromatic heterocycles. The molecule has 0 saturated carbocycles. The minimum absolute atomic E-state index is 0.409. The molecule has 2 aromatic rings. The predicted octanol–water partition coefficient (Wildman–Crippen LogP) is 3.43. The van der Waals surface area contributed by atoms with Crippen molar-refractivity contribution in [3.05, 3.63) is 36.2 Å². The Labute approximate surface area is 161 Å². The molecular weight excluding hydrogens is 340 g/mol. The molecule has 148 valence electrons. The molecule has 2 atom stereocenters. The molecule has 0 amide bonds. The molecule has 3 rings (SSSR count). The first kappa shape index (κ1) is 19.5. The van der Waals surface area contributed by atoms with Gasteiger partial charge in [-0.25, -0.2) is 4.98 Å². The Morgan fingerprint density at radius 3 is 2.89 bits per heavy atom. The second kappa shape index (κ2) is 9.06. The Kier molecular flexibility index (Phi) is 6.53. The van der Waals surface area contributed by atoms with Crippen molar-refractivity contribution in [2.24, 2.45) is 10.9 Å². The molecule has 27 heavy (non-hydrogen) atoms. The number of piperidine rings is 1. The fourth-order valence-electron chi connectivity index (χ4n) is 3.91. The largest absolute Gasteiger partial charge is 0.359 e. The zero-order valence-electron chi connectivity index (χ0n) is 16.9. The van der Waals surface area contributed by atoms with Gasteiger partial charge < -0.3 is 19.3 Å². The van der Waals surface area contributed by atoms with Gasteiger partial charge in [0.2, 0.25) is 0 Å². The van der Waals surface area contributed by atoms with E-state index in [1.807, 2.05) is 19.6 Å². The summed E-state index contributed by atoms with van der Waals surface area (Å²) in [5, 5.41) is 7.69. The Bertz CT molecular complexity index is 719. The van der Waals surface area contributed by atoms with Crippen molar-refractivity contribution in [3.8, 4) is 0 Å². The Morgan fingerprint density at radius 2 is 2.22 bits per heavy atom. The summed E-state index contributed by atoms with van der Waals surface area (Å²) in [6.45, 7) is 9.22. The van der Waals surface area contributed by atoms with Crippen LogP contribution in [0.15, 0.2) is 34.3 Å². The van der Waals surface area contributed by atoms with Crippen molar-refractivity contribution in [3.63, 3.8) is 0 Å². The van der Waals surface area contributed by atoms with E-state index in [1.165, 1.54) is 0 Å². The smallest absolute Gasteiger partial charge is 0.194 e. The van der Waals surface area contributed by atoms with Crippen LogP contribution in [0, 0.1) is 5.92 Å². The molecule has 1 aliphatic heterocycles. The van der Waals surface area contributed by atoms with E-state index in [9.17, 15) is 0 Å². The maximum absolute atomic E-state index is 5.53. The van der Waals surface area contributed by atoms with Crippen LogP contribution in [0.3, 0.4) is 0 Å². The second-order valence-electron chi connectivity index (χ2n) is 7.42. The van der Waals surface area contributed by atoms with Gasteiger partial charge in [-0.15, -0.1) is 0 Å². The van der Waals surface area contributed by atoms with Crippen LogP contribution in [0.25, 0.3) is 0 Å². The summed E-state index contributed by atoms with van der Waals surface area (Å²) in [5.74, 6) is 2.86. The summed E-state index contributed by atoms with van der Waals surface area (Å²) < 4.78 is 7.74. The van der Waals surface area contributed by atoms with Crippen LogP contribution in [0.5, 0.6) is 0 Å². The quantitative estimate of drug-likeness (QED) is 0.621. The number of guanidine groups is 1. The zero-order chi connectivity index (χ0) is 19.2. The average Bonchev–Trinajstić information content (AvgIpc) is 3.37. The number of aromatic nitrogens is 3. The minimum atomic E-state index is 0.409. The van der Waals surface area contributed by atoms with Gasteiger partial charge in [-0.3, -0.25) is 4.99 Å². The van der Waals surface area contributed by atoms with Crippen LogP contribution in [-0.4, -0.2) is 45.7 Å². The fourth-order valence-corrected chi connectivity index (χ4v) is 3.91. The van der Waals surface area contributed by atoms with Crippen molar-refractivity contribution in [2.75, 3.05) is 20.1 Å². The van der Waals surface area contributed by atoms with Crippen LogP contribution < -0.4 is 5.32 Å². The number of imidazole rings is 1. The van der Waals surface area contributed by atoms with E-state index >= 15 is 0 Å². The van der Waals surface area contributed by atoms with Crippen LogP contribution in [0.1, 0.15) is 63.4 Å². The Hall–Kier alpha value is -2.31. The molecular formula is C20H32N6O. The molecule has 1 aliphatic rings. The number of hydrogen-bond acceptors (Lipinski definition) is 4. The number of nitrogens with one attached hydrogen (secondary N) is 1. The summed E-state index contributed by atoms with van der Waals surface area (Å²) in [5.41, 5.74) is 1.05. The first-order valence-electron chi connectivity index (χ1n) is 10.0. The highest BCUT2D eigenvalue weighted by Gasteiger charge is 2.29. The maximum Gasteiger partial charge on any atom is 0.194 e. The number of nitrogens with zero attached hydrogens (tertiary/aromatic N) is 5. The standard InChI is InChI=1S/C20H32N6O/c1-5-16(6-2)18-11-17(27-24-18)12-23-20(21-4)25-9-7-15(3)19(13-25)26-10-8-22-14-26/h8,10-11,14-16,19H,5-7,9,12-13H2,1-4H3,(H,21,23). The van der Waals surface area contributed by atoms with E-state index in [4.69, 9.17) is 4.52 Å². The van der Waals surface area contributed by atoms with Crippen molar-refractivity contribution in [2.45, 2.75) is 58.5 Å². The van der Waals surface area contributed by atoms with Gasteiger partial charge in [0.1, 0.15) is 0 Å². The van der Waals surface area contributed by atoms with Crippen molar-refractivity contribution in [1.29, 1.82) is 0 Å². The van der Waals surface area contributed by atoms with E-state index in [1.54, 1.807) is 0 Å². The van der Waals surface area contributed by atoms with E-state index < -0.39 is 0 Å². The van der Waals surface area contributed by atoms with E-state index in [0.717, 1.165) is 49.8 Å². The molecule has 0 radical (unpaired) electrons. The molecule has 2 unspecified atom stereocenters. The van der Waals surface area contributed by atoms with Crippen molar-refractivity contribution in [1.82, 2.24) is 24.9 Å². The molecule has 0 bridgehead atoms. The lowest BCUT2D eigenvalue weighted by atomic mass is 9.93. The third-order valence-electron chi connectivity index (χ3n) is 5.74. The van der Waals surface area contributed by atoms with Gasteiger partial charge in [0.25, 0.3) is 0 Å². The summed E-state index contributed by atoms with van der Waals surface area (Å²) in [4.78, 5) is 11.0. The lowest BCUT2D eigenvalue weighted by Crippen LogP contribution is -2.48. The summed E-state index contributed by atoms with van der Waals surface area (Å²) in [7, 11) is 1.84. The van der Waals surface area contributed by atoms with E-state index in [2.05, 4.69) is 63.0 Å². The Morgan fingerprint density at radius 1 is 1.41 bits per heavy atom. The van der Waals surface area contributed by atoms with E-state index in [-0.39, 0.29) is 0 Å². The summed E-state index contributed by atoms with van der Waals surface area (Å²) in [6.07, 6.45) is 9.10. The molecule has 1 fully saturated rings. The van der Waals surface area contributed by atoms with Gasteiger partial charge in [0, 0.05) is 44.5 Å². The highest BCUT2D eigenvalue weighted by molar-refractivity contribution is 5.79. The van der Waals surface area contributed by atoms with Crippen LogP contribution in [-0.2, 0) is 6.54 Å². The minimum Gasteiger partial charge on any atom is -0.359 e. The van der Waals surface area contributed by atoms with Gasteiger partial charge in [-0.2, -0.15) is 0 Å². The molecule has 7 heteroatoms. The Balaban J connectivity index is 1.61. The highest BCUT2D eigenvalue weighted by atomic mass is 16.5. The van der Waals surface area contributed by atoms with Gasteiger partial charge in [0.05, 0.1) is 24.6 Å². The predicted molar refractivity (Wildman–Crippen MR) is 107 cm³/mol. The average molecular weight is 373 g/mol. The van der Waals surface area contributed by atoms with Crippen molar-refractivity contribution >= 4 is 5.96 Å². The molecule has 1 N–H and O–H groups in total. The molecule has 0 spiro atoms. The van der Waals surface area contributed by atoms with Crippen LogP contribution in [0.2, 0.25) is 0 Å². The normalized spacial score (nSPS) is 21.1. The summed E-state index contributed by atoms with van der Waals surface area (Å²) in [6, 6.07) is 2.48. The first-order valence-corrected chi connectivity index (χ1v) is 10.0. The zero-order valence-corrected chi connectivity index (χ0v) is 16.9. The molecule has 7 nitrogen and oxygen atoms in total. The number of likely N-dealkylation sites (tertiary alicyclic amines) is 1. The number of rotatable bonds is 6. The first-order chi connectivity index (χ1) is 13.2. The number of aliphatic imine (C=N–C) groups is 1. The topological polar surface area (TPSA) is 71.5 Å². The van der Waals surface area contributed by atoms with Gasteiger partial charge >= 0.3 is 0 Å². The molecule has 1 saturated heterocycles. The lowest BCUT2D eigenvalue weighted by Gasteiger charge is -2.39. The lowest BCUT2D eigenvalue weighted by molar-refractivity contribution is 0.188. The molecule has 0 aliphatic carbocycles. The third kappa shape index (κ3) is 4.51. The van der Waals surface area contributed by atoms with Crippen LogP contribution in [0.4, 0.5) is 0 Å². The molecule has 0 aromatic carbocycles. The third-order valence-corrected chi connectivity index (χ3v) is 5.74. The fraction of sp³-hybridized carbons (Fsp3) is 0.650. The highest BCUT2D eigenvalue weighted by Crippen LogP contribution is 2.27. The summed E-state index contributed by atoms with van der Waals surface area (Å²) >= 11 is 0. The van der Waals surface area contributed by atoms with Gasteiger partial charge in [-0.1, -0.05) is 25.9 Å². The molecule has 3 heterocycles. The van der Waals surface area contributed by atoms with Crippen molar-refractivity contribution < 1.29 is 4.52 Å². The van der Waals surface area contributed by atoms with Gasteiger partial charge in [0.15, 0.2) is 11.7 Å². The van der Waals surface area contributed by atoms with Crippen LogP contribution >= 0.6 is 0 Å². The monoisotopic (exact) mass is 372 g/mol. The van der Waals surface area contributed by atoms with Gasteiger partial charge in [-0.05, 0) is 25.2 Å². The SMILES string of the molecule is CCC(CC)c1cc(CNC(=NC)N2CCC(C)C(n3ccnc3)C2)on1. The second-order valence-corrected chi connectivity index (χ2v) is 7.42.